The Morgan fingerprint density at radius 3 is 2.89 bits per heavy atom. The maximum Gasteiger partial charge on any atom is 0.308 e. The molecule has 102 valence electrons. The average Bonchev–Trinajstić information content (AvgIpc) is 2.79. The molecule has 0 spiro atoms. The summed E-state index contributed by atoms with van der Waals surface area (Å²) in [4.78, 5) is 28.0. The lowest BCUT2D eigenvalue weighted by Crippen LogP contribution is -2.17. The lowest BCUT2D eigenvalue weighted by molar-refractivity contribution is -0.148. The molecular weight excluding hydrogens is 266 g/mol. The van der Waals surface area contributed by atoms with Gasteiger partial charge in [0.25, 0.3) is 5.56 Å². The van der Waals surface area contributed by atoms with Crippen molar-refractivity contribution in [2.45, 2.75) is 33.8 Å². The molecule has 0 aliphatic heterocycles. The Hall–Kier alpha value is -1.76. The zero-order valence-electron chi connectivity index (χ0n) is 11.0. The number of rotatable bonds is 4. The third-order valence-corrected chi connectivity index (χ3v) is 3.53. The first-order valence-electron chi connectivity index (χ1n) is 6.06. The van der Waals surface area contributed by atoms with E-state index in [1.807, 2.05) is 6.92 Å². The molecular formula is C12H15N3O3S. The summed E-state index contributed by atoms with van der Waals surface area (Å²) in [6.45, 7) is 5.49. The first kappa shape index (κ1) is 13.7. The summed E-state index contributed by atoms with van der Waals surface area (Å²) in [6.07, 6.45) is 0.755. The number of aryl methyl sites for hydroxylation is 1. The molecule has 0 bridgehead atoms. The molecule has 0 aliphatic carbocycles. The first-order valence-corrected chi connectivity index (χ1v) is 6.88. The Morgan fingerprint density at radius 1 is 1.53 bits per heavy atom. The molecule has 2 aromatic rings. The van der Waals surface area contributed by atoms with Crippen LogP contribution in [0.15, 0.2) is 10.9 Å². The van der Waals surface area contributed by atoms with E-state index in [4.69, 9.17) is 4.74 Å². The van der Waals surface area contributed by atoms with Crippen molar-refractivity contribution in [2.24, 2.45) is 5.92 Å². The number of ether oxygens (including phenoxy) is 1. The van der Waals surface area contributed by atoms with Gasteiger partial charge < -0.3 is 4.74 Å². The highest BCUT2D eigenvalue weighted by Gasteiger charge is 2.11. The summed E-state index contributed by atoms with van der Waals surface area (Å²) in [7, 11) is 0. The predicted octanol–water partition coefficient (Wildman–Crippen LogP) is 1.41. The van der Waals surface area contributed by atoms with E-state index < -0.39 is 0 Å². The molecule has 2 rings (SSSR count). The van der Waals surface area contributed by atoms with E-state index in [-0.39, 0.29) is 24.1 Å². The van der Waals surface area contributed by atoms with E-state index in [2.05, 4.69) is 10.1 Å². The van der Waals surface area contributed by atoms with E-state index in [1.165, 1.54) is 21.9 Å². The van der Waals surface area contributed by atoms with Crippen LogP contribution >= 0.6 is 11.3 Å². The van der Waals surface area contributed by atoms with Gasteiger partial charge in [0.05, 0.1) is 11.6 Å². The van der Waals surface area contributed by atoms with Crippen LogP contribution in [0.25, 0.3) is 4.96 Å². The van der Waals surface area contributed by atoms with Gasteiger partial charge in [0.15, 0.2) is 0 Å². The van der Waals surface area contributed by atoms with E-state index in [1.54, 1.807) is 13.8 Å². The summed E-state index contributed by atoms with van der Waals surface area (Å²) in [5, 5.41) is 5.00. The maximum atomic E-state index is 11.8. The highest BCUT2D eigenvalue weighted by Crippen LogP contribution is 2.12. The minimum atomic E-state index is -0.305. The molecule has 0 unspecified atom stereocenters. The van der Waals surface area contributed by atoms with Gasteiger partial charge >= 0.3 is 5.97 Å². The fourth-order valence-corrected chi connectivity index (χ4v) is 2.28. The molecule has 0 aromatic carbocycles. The standard InChI is InChI=1S/C12H15N3O3S/c1-4-9-14-15-10(16)5-8(13-12(15)19-9)6-18-11(17)7(2)3/h5,7H,4,6H2,1-3H3. The van der Waals surface area contributed by atoms with Gasteiger partial charge in [-0.3, -0.25) is 9.59 Å². The second-order valence-electron chi connectivity index (χ2n) is 4.39. The van der Waals surface area contributed by atoms with Gasteiger partial charge in [0.1, 0.15) is 11.6 Å². The van der Waals surface area contributed by atoms with E-state index in [0.29, 0.717) is 10.7 Å². The van der Waals surface area contributed by atoms with Gasteiger partial charge in [-0.25, -0.2) is 4.98 Å². The number of aromatic nitrogens is 3. The molecule has 0 amide bonds. The van der Waals surface area contributed by atoms with Crippen molar-refractivity contribution in [3.63, 3.8) is 0 Å². The Labute approximate surface area is 114 Å². The molecule has 0 fully saturated rings. The first-order chi connectivity index (χ1) is 9.01. The monoisotopic (exact) mass is 281 g/mol. The molecule has 0 aliphatic rings. The largest absolute Gasteiger partial charge is 0.459 e. The quantitative estimate of drug-likeness (QED) is 0.792. The number of nitrogens with zero attached hydrogens (tertiary/aromatic N) is 3. The molecule has 0 saturated heterocycles. The van der Waals surface area contributed by atoms with E-state index in [0.717, 1.165) is 11.4 Å². The minimum Gasteiger partial charge on any atom is -0.459 e. The van der Waals surface area contributed by atoms with Crippen LogP contribution in [0.1, 0.15) is 31.5 Å². The van der Waals surface area contributed by atoms with Crippen LogP contribution in [0, 0.1) is 5.92 Å². The fourth-order valence-electron chi connectivity index (χ4n) is 1.42. The van der Waals surface area contributed by atoms with E-state index >= 15 is 0 Å². The Kier molecular flexibility index (Phi) is 3.94. The number of carbonyl (C=O) groups excluding carboxylic acids is 1. The van der Waals surface area contributed by atoms with Crippen molar-refractivity contribution in [1.29, 1.82) is 0 Å². The van der Waals surface area contributed by atoms with Crippen molar-refractivity contribution in [3.05, 3.63) is 27.1 Å². The lowest BCUT2D eigenvalue weighted by atomic mass is 10.2. The maximum absolute atomic E-state index is 11.8. The van der Waals surface area contributed by atoms with Crippen LogP contribution < -0.4 is 5.56 Å². The second-order valence-corrected chi connectivity index (χ2v) is 5.43. The highest BCUT2D eigenvalue weighted by molar-refractivity contribution is 7.16. The number of carbonyl (C=O) groups is 1. The zero-order valence-corrected chi connectivity index (χ0v) is 11.9. The number of hydrogen-bond donors (Lipinski definition) is 0. The predicted molar refractivity (Wildman–Crippen MR) is 71.1 cm³/mol. The van der Waals surface area contributed by atoms with Gasteiger partial charge in [-0.1, -0.05) is 32.1 Å². The van der Waals surface area contributed by atoms with Crippen LogP contribution in [0.2, 0.25) is 0 Å². The number of fused-ring (bicyclic) bond motifs is 1. The third-order valence-electron chi connectivity index (χ3n) is 2.48. The van der Waals surface area contributed by atoms with Crippen LogP contribution in [0.3, 0.4) is 0 Å². The summed E-state index contributed by atoms with van der Waals surface area (Å²) in [5.41, 5.74) is 0.196. The van der Waals surface area contributed by atoms with Gasteiger partial charge in [-0.15, -0.1) is 0 Å². The summed E-state index contributed by atoms with van der Waals surface area (Å²) in [6, 6.07) is 1.35. The van der Waals surface area contributed by atoms with Crippen molar-refractivity contribution < 1.29 is 9.53 Å². The molecule has 0 atom stereocenters. The van der Waals surface area contributed by atoms with Crippen molar-refractivity contribution in [3.8, 4) is 0 Å². The minimum absolute atomic E-state index is 0.0160. The fraction of sp³-hybridized carbons (Fsp3) is 0.500. The second kappa shape index (κ2) is 5.48. The van der Waals surface area contributed by atoms with E-state index in [9.17, 15) is 9.59 Å². The zero-order chi connectivity index (χ0) is 14.0. The lowest BCUT2D eigenvalue weighted by Gasteiger charge is -2.05. The van der Waals surface area contributed by atoms with Crippen molar-refractivity contribution in [2.75, 3.05) is 0 Å². The molecule has 0 radical (unpaired) electrons. The molecule has 2 aromatic heterocycles. The summed E-state index contributed by atoms with van der Waals surface area (Å²) < 4.78 is 6.34. The SMILES string of the molecule is CCc1nn2c(=O)cc(COC(=O)C(C)C)nc2s1. The van der Waals surface area contributed by atoms with Gasteiger partial charge in [0.2, 0.25) is 4.96 Å². The van der Waals surface area contributed by atoms with Crippen LogP contribution in [0.5, 0.6) is 0 Å². The number of esters is 1. The third kappa shape index (κ3) is 2.98. The van der Waals surface area contributed by atoms with Crippen molar-refractivity contribution >= 4 is 22.3 Å². The van der Waals surface area contributed by atoms with Gasteiger partial charge in [-0.2, -0.15) is 9.61 Å². The highest BCUT2D eigenvalue weighted by atomic mass is 32.1. The number of hydrogen-bond acceptors (Lipinski definition) is 6. The van der Waals surface area contributed by atoms with Crippen LogP contribution in [-0.4, -0.2) is 20.6 Å². The molecule has 6 nitrogen and oxygen atoms in total. The average molecular weight is 281 g/mol. The Bertz CT molecular complexity index is 660. The summed E-state index contributed by atoms with van der Waals surface area (Å²) >= 11 is 1.37. The Morgan fingerprint density at radius 2 is 2.26 bits per heavy atom. The van der Waals surface area contributed by atoms with Gasteiger partial charge in [0, 0.05) is 6.07 Å². The smallest absolute Gasteiger partial charge is 0.308 e. The molecule has 0 N–H and O–H groups in total. The summed E-state index contributed by atoms with van der Waals surface area (Å²) in [5.74, 6) is -0.500. The van der Waals surface area contributed by atoms with Crippen LogP contribution in [-0.2, 0) is 22.6 Å². The molecule has 2 heterocycles. The van der Waals surface area contributed by atoms with Crippen molar-refractivity contribution in [1.82, 2.24) is 14.6 Å². The molecule has 7 heteroatoms. The Balaban J connectivity index is 2.25. The molecule has 19 heavy (non-hydrogen) atoms. The molecule has 0 saturated carbocycles. The topological polar surface area (TPSA) is 73.6 Å². The van der Waals surface area contributed by atoms with Gasteiger partial charge in [-0.05, 0) is 6.42 Å². The van der Waals surface area contributed by atoms with Crippen LogP contribution in [0.4, 0.5) is 0 Å². The normalized spacial score (nSPS) is 11.2.